The van der Waals surface area contributed by atoms with Gasteiger partial charge in [-0.25, -0.2) is 0 Å². The molecule has 2 unspecified atom stereocenters. The second-order valence-corrected chi connectivity index (χ2v) is 13.0. The lowest BCUT2D eigenvalue weighted by Crippen LogP contribution is -2.45. The van der Waals surface area contributed by atoms with E-state index in [-0.39, 0.29) is 12.5 Å². The quantitative estimate of drug-likeness (QED) is 0.0490. The van der Waals surface area contributed by atoms with Gasteiger partial charge < -0.3 is 15.5 Å². The van der Waals surface area contributed by atoms with Gasteiger partial charge in [-0.1, -0.05) is 159 Å². The van der Waals surface area contributed by atoms with Crippen molar-refractivity contribution in [1.82, 2.24) is 5.32 Å². The fraction of sp³-hybridized carbons (Fsp3) is 0.780. The molecule has 0 saturated carbocycles. The molecule has 3 N–H and O–H groups in total. The maximum absolute atomic E-state index is 12.3. The van der Waals surface area contributed by atoms with Gasteiger partial charge in [0.05, 0.1) is 18.8 Å². The molecule has 4 nitrogen and oxygen atoms in total. The molecule has 0 fully saturated rings. The minimum absolute atomic E-state index is 0.0887. The summed E-state index contributed by atoms with van der Waals surface area (Å²) < 4.78 is 0. The number of nitrogens with one attached hydrogen (secondary N) is 1. The number of allylic oxidation sites excluding steroid dienone is 7. The lowest BCUT2D eigenvalue weighted by molar-refractivity contribution is -0.123. The molecule has 0 rings (SSSR count). The van der Waals surface area contributed by atoms with E-state index in [4.69, 9.17) is 0 Å². The number of unbranched alkanes of at least 4 members (excludes halogenated alkanes) is 21. The Balaban J connectivity index is 3.72. The molecule has 0 saturated heterocycles. The first-order chi connectivity index (χ1) is 22.2. The van der Waals surface area contributed by atoms with Gasteiger partial charge in [-0.3, -0.25) is 4.79 Å². The number of carbonyl (C=O) groups excluding carboxylic acids is 1. The Morgan fingerprint density at radius 3 is 1.29 bits per heavy atom. The van der Waals surface area contributed by atoms with Crippen molar-refractivity contribution in [2.45, 2.75) is 199 Å². The lowest BCUT2D eigenvalue weighted by Gasteiger charge is -2.19. The van der Waals surface area contributed by atoms with E-state index in [9.17, 15) is 15.0 Å². The van der Waals surface area contributed by atoms with Crippen LogP contribution >= 0.6 is 0 Å². The van der Waals surface area contributed by atoms with Gasteiger partial charge in [-0.15, -0.1) is 0 Å². The van der Waals surface area contributed by atoms with Crippen molar-refractivity contribution in [3.8, 4) is 0 Å². The second-order valence-electron chi connectivity index (χ2n) is 13.0. The zero-order valence-corrected chi connectivity index (χ0v) is 29.9. The van der Waals surface area contributed by atoms with Crippen molar-refractivity contribution in [2.75, 3.05) is 6.61 Å². The number of aliphatic hydroxyl groups excluding tert-OH is 2. The minimum Gasteiger partial charge on any atom is -0.394 e. The number of hydrogen-bond donors (Lipinski definition) is 3. The fourth-order valence-electron chi connectivity index (χ4n) is 5.50. The molecule has 0 spiro atoms. The molecule has 2 atom stereocenters. The van der Waals surface area contributed by atoms with Crippen LogP contribution in [-0.2, 0) is 4.79 Å². The summed E-state index contributed by atoms with van der Waals surface area (Å²) in [6, 6.07) is -0.648. The topological polar surface area (TPSA) is 69.6 Å². The fourth-order valence-corrected chi connectivity index (χ4v) is 5.50. The molecule has 0 aromatic heterocycles. The van der Waals surface area contributed by atoms with Crippen molar-refractivity contribution in [3.05, 3.63) is 48.6 Å². The Bertz CT molecular complexity index is 726. The van der Waals surface area contributed by atoms with Gasteiger partial charge in [0.15, 0.2) is 0 Å². The number of amides is 1. The SMILES string of the molecule is CCCCCCCCC/C=C\CCCCCCCC(=O)NC(CO)C(O)/C=C/CC/C=C/CC/C=C/CCCCCCCCC. The zero-order valence-electron chi connectivity index (χ0n) is 29.9. The number of carbonyl (C=O) groups is 1. The summed E-state index contributed by atoms with van der Waals surface area (Å²) in [6.07, 6.45) is 49.1. The van der Waals surface area contributed by atoms with Gasteiger partial charge in [0.2, 0.25) is 5.91 Å². The van der Waals surface area contributed by atoms with Crippen LogP contribution in [0.15, 0.2) is 48.6 Å². The van der Waals surface area contributed by atoms with E-state index in [1.54, 1.807) is 6.08 Å². The molecule has 262 valence electrons. The van der Waals surface area contributed by atoms with Crippen LogP contribution in [0.1, 0.15) is 187 Å². The predicted molar refractivity (Wildman–Crippen MR) is 198 cm³/mol. The van der Waals surface area contributed by atoms with Crippen molar-refractivity contribution in [1.29, 1.82) is 0 Å². The highest BCUT2D eigenvalue weighted by Gasteiger charge is 2.17. The molecule has 1 amide bonds. The summed E-state index contributed by atoms with van der Waals surface area (Å²) in [5.74, 6) is -0.0887. The minimum atomic E-state index is -0.872. The van der Waals surface area contributed by atoms with Crippen molar-refractivity contribution in [2.24, 2.45) is 0 Å². The van der Waals surface area contributed by atoms with Crippen LogP contribution in [-0.4, -0.2) is 34.9 Å². The summed E-state index contributed by atoms with van der Waals surface area (Å²) in [5.41, 5.74) is 0. The third-order valence-electron chi connectivity index (χ3n) is 8.51. The summed E-state index contributed by atoms with van der Waals surface area (Å²) in [4.78, 5) is 12.3. The highest BCUT2D eigenvalue weighted by Crippen LogP contribution is 2.12. The van der Waals surface area contributed by atoms with E-state index in [0.29, 0.717) is 6.42 Å². The Kier molecular flexibility index (Phi) is 35.5. The summed E-state index contributed by atoms with van der Waals surface area (Å²) in [6.45, 7) is 4.27. The maximum atomic E-state index is 12.3. The Labute approximate surface area is 280 Å². The molecular weight excluding hydrogens is 554 g/mol. The number of rotatable bonds is 34. The zero-order chi connectivity index (χ0) is 32.9. The van der Waals surface area contributed by atoms with E-state index in [1.807, 2.05) is 6.08 Å². The average molecular weight is 630 g/mol. The second kappa shape index (κ2) is 36.8. The van der Waals surface area contributed by atoms with Gasteiger partial charge in [0.1, 0.15) is 0 Å². The van der Waals surface area contributed by atoms with E-state index < -0.39 is 12.1 Å². The van der Waals surface area contributed by atoms with Crippen LogP contribution in [0.25, 0.3) is 0 Å². The predicted octanol–water partition coefficient (Wildman–Crippen LogP) is 11.6. The number of aliphatic hydroxyl groups is 2. The molecule has 0 aliphatic rings. The maximum Gasteiger partial charge on any atom is 0.220 e. The molecule has 4 heteroatoms. The van der Waals surface area contributed by atoms with Crippen LogP contribution in [0, 0.1) is 0 Å². The molecule has 0 aliphatic heterocycles. The van der Waals surface area contributed by atoms with Crippen LogP contribution < -0.4 is 5.32 Å². The summed E-state index contributed by atoms with van der Waals surface area (Å²) in [7, 11) is 0. The summed E-state index contributed by atoms with van der Waals surface area (Å²) >= 11 is 0. The van der Waals surface area contributed by atoms with Gasteiger partial charge in [0, 0.05) is 6.42 Å². The first-order valence-corrected chi connectivity index (χ1v) is 19.4. The van der Waals surface area contributed by atoms with E-state index >= 15 is 0 Å². The smallest absolute Gasteiger partial charge is 0.220 e. The number of hydrogen-bond acceptors (Lipinski definition) is 3. The van der Waals surface area contributed by atoms with E-state index in [2.05, 4.69) is 55.6 Å². The molecular formula is C41H75NO3. The van der Waals surface area contributed by atoms with Crippen LogP contribution in [0.5, 0.6) is 0 Å². The lowest BCUT2D eigenvalue weighted by atomic mass is 10.1. The molecule has 45 heavy (non-hydrogen) atoms. The molecule has 0 aromatic carbocycles. The standard InChI is InChI=1S/C41H75NO3/c1-3-5-7-9-11-13-15-17-19-21-22-24-26-28-30-32-34-36-40(44)39(38-43)42-41(45)37-35-33-31-29-27-25-23-20-18-16-14-12-10-8-6-4-2/h19-21,23,26,28,34,36,39-40,43-44H,3-18,22,24-25,27,29-33,35,37-38H2,1-2H3,(H,42,45)/b21-19+,23-20-,28-26+,36-34+. The largest absolute Gasteiger partial charge is 0.394 e. The van der Waals surface area contributed by atoms with E-state index in [0.717, 1.165) is 51.4 Å². The van der Waals surface area contributed by atoms with Gasteiger partial charge in [-0.05, 0) is 70.6 Å². The normalized spacial score (nSPS) is 13.6. The van der Waals surface area contributed by atoms with Gasteiger partial charge >= 0.3 is 0 Å². The Hall–Kier alpha value is -1.65. The van der Waals surface area contributed by atoms with Crippen LogP contribution in [0.3, 0.4) is 0 Å². The van der Waals surface area contributed by atoms with Gasteiger partial charge in [0.25, 0.3) is 0 Å². The van der Waals surface area contributed by atoms with Gasteiger partial charge in [-0.2, -0.15) is 0 Å². The third kappa shape index (κ3) is 33.5. The molecule has 0 aliphatic carbocycles. The van der Waals surface area contributed by atoms with Crippen LogP contribution in [0.4, 0.5) is 0 Å². The highest BCUT2D eigenvalue weighted by atomic mass is 16.3. The highest BCUT2D eigenvalue weighted by molar-refractivity contribution is 5.76. The molecule has 0 bridgehead atoms. The Morgan fingerprint density at radius 2 is 0.867 bits per heavy atom. The molecule has 0 heterocycles. The average Bonchev–Trinajstić information content (AvgIpc) is 3.04. The summed E-state index contributed by atoms with van der Waals surface area (Å²) in [5, 5.41) is 22.9. The monoisotopic (exact) mass is 630 g/mol. The van der Waals surface area contributed by atoms with Crippen molar-refractivity contribution >= 4 is 5.91 Å². The van der Waals surface area contributed by atoms with Crippen molar-refractivity contribution in [3.63, 3.8) is 0 Å². The van der Waals surface area contributed by atoms with Crippen molar-refractivity contribution < 1.29 is 15.0 Å². The first kappa shape index (κ1) is 43.4. The third-order valence-corrected chi connectivity index (χ3v) is 8.51. The first-order valence-electron chi connectivity index (χ1n) is 19.4. The Morgan fingerprint density at radius 1 is 0.511 bits per heavy atom. The van der Waals surface area contributed by atoms with E-state index in [1.165, 1.54) is 116 Å². The molecule has 0 radical (unpaired) electrons. The van der Waals surface area contributed by atoms with Crippen LogP contribution in [0.2, 0.25) is 0 Å². The molecule has 0 aromatic rings.